The fourth-order valence-electron chi connectivity index (χ4n) is 1.82. The van der Waals surface area contributed by atoms with Crippen molar-refractivity contribution in [2.75, 3.05) is 13.1 Å². The van der Waals surface area contributed by atoms with Gasteiger partial charge >= 0.3 is 11.4 Å². The van der Waals surface area contributed by atoms with E-state index in [1.54, 1.807) is 0 Å². The molecule has 16 heavy (non-hydrogen) atoms. The SMILES string of the molecule is O=c1ncc([N+](=O)[O-])cn1CC1CCNC1. The van der Waals surface area contributed by atoms with Crippen molar-refractivity contribution in [1.29, 1.82) is 0 Å². The van der Waals surface area contributed by atoms with Gasteiger partial charge in [0.2, 0.25) is 0 Å². The van der Waals surface area contributed by atoms with E-state index >= 15 is 0 Å². The van der Waals surface area contributed by atoms with Gasteiger partial charge < -0.3 is 5.32 Å². The van der Waals surface area contributed by atoms with E-state index in [0.717, 1.165) is 25.7 Å². The van der Waals surface area contributed by atoms with Crippen LogP contribution in [0.5, 0.6) is 0 Å². The summed E-state index contributed by atoms with van der Waals surface area (Å²) in [5.41, 5.74) is -0.581. The lowest BCUT2D eigenvalue weighted by molar-refractivity contribution is -0.385. The summed E-state index contributed by atoms with van der Waals surface area (Å²) >= 11 is 0. The minimum Gasteiger partial charge on any atom is -0.316 e. The van der Waals surface area contributed by atoms with Crippen molar-refractivity contribution < 1.29 is 4.92 Å². The van der Waals surface area contributed by atoms with Crippen LogP contribution < -0.4 is 11.0 Å². The van der Waals surface area contributed by atoms with Crippen LogP contribution in [0.25, 0.3) is 0 Å². The molecule has 1 unspecified atom stereocenters. The zero-order chi connectivity index (χ0) is 11.5. The molecule has 0 amide bonds. The van der Waals surface area contributed by atoms with Crippen LogP contribution in [0.3, 0.4) is 0 Å². The summed E-state index contributed by atoms with van der Waals surface area (Å²) in [5, 5.41) is 13.7. The number of nitro groups is 1. The van der Waals surface area contributed by atoms with Crippen molar-refractivity contribution in [2.45, 2.75) is 13.0 Å². The van der Waals surface area contributed by atoms with Crippen molar-refractivity contribution in [1.82, 2.24) is 14.9 Å². The second-order valence-corrected chi connectivity index (χ2v) is 3.86. The third kappa shape index (κ3) is 2.25. The molecule has 1 aromatic heterocycles. The second-order valence-electron chi connectivity index (χ2n) is 3.86. The molecule has 0 saturated carbocycles. The first kappa shape index (κ1) is 10.7. The topological polar surface area (TPSA) is 90.1 Å². The Balaban J connectivity index is 2.21. The van der Waals surface area contributed by atoms with Crippen LogP contribution in [0.15, 0.2) is 17.2 Å². The third-order valence-corrected chi connectivity index (χ3v) is 2.67. The van der Waals surface area contributed by atoms with Gasteiger partial charge in [-0.05, 0) is 25.4 Å². The van der Waals surface area contributed by atoms with E-state index in [2.05, 4.69) is 10.3 Å². The lowest BCUT2D eigenvalue weighted by atomic mass is 10.1. The maximum absolute atomic E-state index is 11.4. The van der Waals surface area contributed by atoms with Gasteiger partial charge in [-0.25, -0.2) is 4.79 Å². The van der Waals surface area contributed by atoms with Crippen molar-refractivity contribution in [3.05, 3.63) is 33.0 Å². The Labute approximate surface area is 91.3 Å². The van der Waals surface area contributed by atoms with Crippen LogP contribution >= 0.6 is 0 Å². The molecule has 1 aliphatic heterocycles. The van der Waals surface area contributed by atoms with Crippen molar-refractivity contribution in [2.24, 2.45) is 5.92 Å². The van der Waals surface area contributed by atoms with Crippen LogP contribution in [0.2, 0.25) is 0 Å². The van der Waals surface area contributed by atoms with Crippen LogP contribution in [0.1, 0.15) is 6.42 Å². The molecule has 86 valence electrons. The summed E-state index contributed by atoms with van der Waals surface area (Å²) < 4.78 is 1.32. The van der Waals surface area contributed by atoms with Gasteiger partial charge in [0.1, 0.15) is 6.20 Å². The summed E-state index contributed by atoms with van der Waals surface area (Å²) in [7, 11) is 0. The number of nitrogens with zero attached hydrogens (tertiary/aromatic N) is 3. The van der Waals surface area contributed by atoms with E-state index < -0.39 is 10.6 Å². The molecule has 2 rings (SSSR count). The second kappa shape index (κ2) is 4.40. The Bertz CT molecular complexity index is 450. The standard InChI is InChI=1S/C9H12N4O3/c14-9-11-4-8(13(15)16)6-12(9)5-7-1-2-10-3-7/h4,6-7,10H,1-3,5H2. The zero-order valence-electron chi connectivity index (χ0n) is 8.63. The smallest absolute Gasteiger partial charge is 0.316 e. The van der Waals surface area contributed by atoms with E-state index in [9.17, 15) is 14.9 Å². The predicted molar refractivity (Wildman–Crippen MR) is 56.1 cm³/mol. The lowest BCUT2D eigenvalue weighted by Crippen LogP contribution is -2.26. The van der Waals surface area contributed by atoms with E-state index in [1.807, 2.05) is 0 Å². The number of nitrogens with one attached hydrogen (secondary N) is 1. The first-order valence-corrected chi connectivity index (χ1v) is 5.08. The quantitative estimate of drug-likeness (QED) is 0.565. The Kier molecular flexibility index (Phi) is 2.95. The molecule has 1 aliphatic rings. The number of rotatable bonds is 3. The highest BCUT2D eigenvalue weighted by molar-refractivity contribution is 5.20. The summed E-state index contributed by atoms with van der Waals surface area (Å²) in [5.74, 6) is 0.349. The number of aromatic nitrogens is 2. The first-order valence-electron chi connectivity index (χ1n) is 5.08. The maximum Gasteiger partial charge on any atom is 0.347 e. The van der Waals surface area contributed by atoms with Gasteiger partial charge in [-0.3, -0.25) is 14.7 Å². The maximum atomic E-state index is 11.4. The van der Waals surface area contributed by atoms with Crippen molar-refractivity contribution >= 4 is 5.69 Å². The third-order valence-electron chi connectivity index (χ3n) is 2.67. The zero-order valence-corrected chi connectivity index (χ0v) is 8.63. The molecule has 1 aromatic rings. The Morgan fingerprint density at radius 3 is 3.12 bits per heavy atom. The van der Waals surface area contributed by atoms with E-state index in [-0.39, 0.29) is 5.69 Å². The van der Waals surface area contributed by atoms with Gasteiger partial charge in [0.15, 0.2) is 0 Å². The Hall–Kier alpha value is -1.76. The summed E-state index contributed by atoms with van der Waals surface area (Å²) in [6, 6.07) is 0. The summed E-state index contributed by atoms with van der Waals surface area (Å²) in [6.45, 7) is 2.26. The highest BCUT2D eigenvalue weighted by Gasteiger charge is 2.17. The van der Waals surface area contributed by atoms with Crippen LogP contribution in [0, 0.1) is 16.0 Å². The average Bonchev–Trinajstić information content (AvgIpc) is 2.73. The minimum absolute atomic E-state index is 0.148. The van der Waals surface area contributed by atoms with E-state index in [0.29, 0.717) is 12.5 Å². The fourth-order valence-corrected chi connectivity index (χ4v) is 1.82. The van der Waals surface area contributed by atoms with Crippen LogP contribution in [-0.4, -0.2) is 27.6 Å². The average molecular weight is 224 g/mol. The molecule has 0 aromatic carbocycles. The van der Waals surface area contributed by atoms with E-state index in [1.165, 1.54) is 10.8 Å². The van der Waals surface area contributed by atoms with Crippen LogP contribution in [-0.2, 0) is 6.54 Å². The van der Waals surface area contributed by atoms with Gasteiger partial charge in [0, 0.05) is 6.54 Å². The molecule has 0 radical (unpaired) electrons. The molecule has 2 heterocycles. The largest absolute Gasteiger partial charge is 0.347 e. The number of hydrogen-bond donors (Lipinski definition) is 1. The lowest BCUT2D eigenvalue weighted by Gasteiger charge is -2.09. The van der Waals surface area contributed by atoms with Crippen molar-refractivity contribution in [3.63, 3.8) is 0 Å². The molecule has 7 nitrogen and oxygen atoms in total. The fraction of sp³-hybridized carbons (Fsp3) is 0.556. The monoisotopic (exact) mass is 224 g/mol. The molecule has 1 atom stereocenters. The minimum atomic E-state index is -0.546. The molecular formula is C9H12N4O3. The van der Waals surface area contributed by atoms with E-state index in [4.69, 9.17) is 0 Å². The predicted octanol–water partition coefficient (Wildman–Crippen LogP) is -0.239. The molecule has 0 bridgehead atoms. The molecular weight excluding hydrogens is 212 g/mol. The Morgan fingerprint density at radius 2 is 2.50 bits per heavy atom. The molecule has 7 heteroatoms. The van der Waals surface area contributed by atoms with Crippen LogP contribution in [0.4, 0.5) is 5.69 Å². The van der Waals surface area contributed by atoms with Gasteiger partial charge in [-0.2, -0.15) is 4.98 Å². The summed E-state index contributed by atoms with van der Waals surface area (Å²) in [4.78, 5) is 24.9. The molecule has 0 aliphatic carbocycles. The first-order chi connectivity index (χ1) is 7.66. The highest BCUT2D eigenvalue weighted by Crippen LogP contribution is 2.11. The highest BCUT2D eigenvalue weighted by atomic mass is 16.6. The Morgan fingerprint density at radius 1 is 1.69 bits per heavy atom. The van der Waals surface area contributed by atoms with Gasteiger partial charge in [0.25, 0.3) is 0 Å². The van der Waals surface area contributed by atoms with Crippen molar-refractivity contribution in [3.8, 4) is 0 Å². The summed E-state index contributed by atoms with van der Waals surface area (Å²) in [6.07, 6.45) is 3.23. The molecule has 1 N–H and O–H groups in total. The van der Waals surface area contributed by atoms with Gasteiger partial charge in [0.05, 0.1) is 11.1 Å². The van der Waals surface area contributed by atoms with Gasteiger partial charge in [-0.15, -0.1) is 0 Å². The number of hydrogen-bond acceptors (Lipinski definition) is 5. The molecule has 1 saturated heterocycles. The normalized spacial score (nSPS) is 19.9. The molecule has 1 fully saturated rings. The molecule has 0 spiro atoms. The van der Waals surface area contributed by atoms with Gasteiger partial charge in [-0.1, -0.05) is 0 Å².